The van der Waals surface area contributed by atoms with Gasteiger partial charge in [0.05, 0.1) is 0 Å². The maximum absolute atomic E-state index is 4.51. The van der Waals surface area contributed by atoms with Gasteiger partial charge in [-0.3, -0.25) is 0 Å². The molecule has 0 aromatic carbocycles. The standard InChI is InChI=1S/C9H19NS/c1-2-6-10-7-3-4-9(11)5-8-10/h9,11H,2-8H2,1H3. The zero-order valence-electron chi connectivity index (χ0n) is 7.42. The highest BCUT2D eigenvalue weighted by atomic mass is 32.1. The van der Waals surface area contributed by atoms with Gasteiger partial charge in [-0.25, -0.2) is 0 Å². The van der Waals surface area contributed by atoms with E-state index < -0.39 is 0 Å². The van der Waals surface area contributed by atoms with Crippen LogP contribution in [0, 0.1) is 0 Å². The van der Waals surface area contributed by atoms with Crippen molar-refractivity contribution in [2.75, 3.05) is 19.6 Å². The first-order chi connectivity index (χ1) is 5.33. The summed E-state index contributed by atoms with van der Waals surface area (Å²) in [5.74, 6) is 0. The van der Waals surface area contributed by atoms with Gasteiger partial charge in [-0.2, -0.15) is 12.6 Å². The lowest BCUT2D eigenvalue weighted by Crippen LogP contribution is -2.25. The number of likely N-dealkylation sites (tertiary alicyclic amines) is 1. The Morgan fingerprint density at radius 2 is 2.18 bits per heavy atom. The summed E-state index contributed by atoms with van der Waals surface area (Å²) in [4.78, 5) is 2.57. The van der Waals surface area contributed by atoms with Crippen LogP contribution in [0.3, 0.4) is 0 Å². The van der Waals surface area contributed by atoms with Crippen LogP contribution in [0.25, 0.3) is 0 Å². The van der Waals surface area contributed by atoms with Crippen molar-refractivity contribution in [3.63, 3.8) is 0 Å². The van der Waals surface area contributed by atoms with E-state index in [-0.39, 0.29) is 0 Å². The van der Waals surface area contributed by atoms with E-state index >= 15 is 0 Å². The highest BCUT2D eigenvalue weighted by molar-refractivity contribution is 7.80. The maximum atomic E-state index is 4.51. The number of hydrogen-bond donors (Lipinski definition) is 1. The monoisotopic (exact) mass is 173 g/mol. The molecule has 0 N–H and O–H groups in total. The van der Waals surface area contributed by atoms with Crippen LogP contribution < -0.4 is 0 Å². The quantitative estimate of drug-likeness (QED) is 0.626. The molecule has 2 heteroatoms. The van der Waals surface area contributed by atoms with Gasteiger partial charge in [0.15, 0.2) is 0 Å². The van der Waals surface area contributed by atoms with Gasteiger partial charge in [0.1, 0.15) is 0 Å². The van der Waals surface area contributed by atoms with Gasteiger partial charge in [-0.1, -0.05) is 6.92 Å². The molecule has 1 rings (SSSR count). The van der Waals surface area contributed by atoms with Crippen molar-refractivity contribution in [2.45, 2.75) is 37.9 Å². The Bertz CT molecular complexity index is 106. The van der Waals surface area contributed by atoms with Crippen molar-refractivity contribution in [2.24, 2.45) is 0 Å². The molecule has 0 bridgehead atoms. The fraction of sp³-hybridized carbons (Fsp3) is 1.00. The summed E-state index contributed by atoms with van der Waals surface area (Å²) >= 11 is 4.51. The second-order valence-corrected chi connectivity index (χ2v) is 4.16. The molecule has 1 fully saturated rings. The first-order valence-corrected chi connectivity index (χ1v) is 5.25. The van der Waals surface area contributed by atoms with Gasteiger partial charge in [-0.05, 0) is 45.3 Å². The molecule has 0 amide bonds. The topological polar surface area (TPSA) is 3.24 Å². The maximum Gasteiger partial charge on any atom is 0.00294 e. The summed E-state index contributed by atoms with van der Waals surface area (Å²) in [5.41, 5.74) is 0. The van der Waals surface area contributed by atoms with Crippen molar-refractivity contribution in [1.29, 1.82) is 0 Å². The molecule has 1 atom stereocenters. The van der Waals surface area contributed by atoms with Crippen molar-refractivity contribution >= 4 is 12.6 Å². The van der Waals surface area contributed by atoms with E-state index in [4.69, 9.17) is 0 Å². The Kier molecular flexibility index (Phi) is 4.31. The van der Waals surface area contributed by atoms with Crippen LogP contribution in [0.15, 0.2) is 0 Å². The smallest absolute Gasteiger partial charge is 0.00294 e. The lowest BCUT2D eigenvalue weighted by atomic mass is 10.2. The van der Waals surface area contributed by atoms with Gasteiger partial charge in [-0.15, -0.1) is 0 Å². The zero-order valence-corrected chi connectivity index (χ0v) is 8.32. The summed E-state index contributed by atoms with van der Waals surface area (Å²) in [7, 11) is 0. The molecule has 11 heavy (non-hydrogen) atoms. The Morgan fingerprint density at radius 3 is 2.91 bits per heavy atom. The molecule has 0 radical (unpaired) electrons. The van der Waals surface area contributed by atoms with Gasteiger partial charge < -0.3 is 4.90 Å². The largest absolute Gasteiger partial charge is 0.303 e. The van der Waals surface area contributed by atoms with Crippen molar-refractivity contribution in [3.05, 3.63) is 0 Å². The summed E-state index contributed by atoms with van der Waals surface area (Å²) in [6, 6.07) is 0. The lowest BCUT2D eigenvalue weighted by molar-refractivity contribution is 0.286. The molecule has 1 aliphatic rings. The van der Waals surface area contributed by atoms with Crippen molar-refractivity contribution < 1.29 is 0 Å². The third kappa shape index (κ3) is 3.48. The van der Waals surface area contributed by atoms with Crippen molar-refractivity contribution in [3.8, 4) is 0 Å². The Morgan fingerprint density at radius 1 is 1.36 bits per heavy atom. The molecular formula is C9H19NS. The van der Waals surface area contributed by atoms with Gasteiger partial charge in [0.25, 0.3) is 0 Å². The third-order valence-electron chi connectivity index (χ3n) is 2.33. The second kappa shape index (κ2) is 5.04. The number of thiol groups is 1. The molecule has 0 saturated carbocycles. The van der Waals surface area contributed by atoms with Crippen LogP contribution in [0.1, 0.15) is 32.6 Å². The summed E-state index contributed by atoms with van der Waals surface area (Å²) < 4.78 is 0. The van der Waals surface area contributed by atoms with Crippen LogP contribution in [-0.4, -0.2) is 29.8 Å². The molecule has 1 aliphatic heterocycles. The summed E-state index contributed by atoms with van der Waals surface area (Å²) in [5, 5.41) is 0.664. The Labute approximate surface area is 75.6 Å². The minimum atomic E-state index is 0.664. The first kappa shape index (κ1) is 9.40. The highest BCUT2D eigenvalue weighted by Crippen LogP contribution is 2.15. The molecule has 0 aliphatic carbocycles. The average Bonchev–Trinajstić information content (AvgIpc) is 2.17. The summed E-state index contributed by atoms with van der Waals surface area (Å²) in [6.45, 7) is 6.09. The van der Waals surface area contributed by atoms with Crippen molar-refractivity contribution in [1.82, 2.24) is 4.90 Å². The zero-order chi connectivity index (χ0) is 8.10. The third-order valence-corrected chi connectivity index (χ3v) is 2.85. The van der Waals surface area contributed by atoms with E-state index in [0.29, 0.717) is 5.25 Å². The highest BCUT2D eigenvalue weighted by Gasteiger charge is 2.12. The van der Waals surface area contributed by atoms with Crippen LogP contribution in [0.2, 0.25) is 0 Å². The van der Waals surface area contributed by atoms with E-state index in [1.165, 1.54) is 45.3 Å². The molecule has 0 aromatic heterocycles. The predicted molar refractivity (Wildman–Crippen MR) is 53.4 cm³/mol. The summed E-state index contributed by atoms with van der Waals surface area (Å²) in [6.07, 6.45) is 5.22. The molecule has 0 spiro atoms. The Hall–Kier alpha value is 0.310. The average molecular weight is 173 g/mol. The van der Waals surface area contributed by atoms with E-state index in [2.05, 4.69) is 24.5 Å². The number of nitrogens with zero attached hydrogens (tertiary/aromatic N) is 1. The molecule has 1 heterocycles. The molecule has 1 unspecified atom stereocenters. The van der Waals surface area contributed by atoms with E-state index in [9.17, 15) is 0 Å². The SMILES string of the molecule is CCCN1CCCC(S)CC1. The minimum Gasteiger partial charge on any atom is -0.303 e. The fourth-order valence-electron chi connectivity index (χ4n) is 1.68. The second-order valence-electron chi connectivity index (χ2n) is 3.43. The fourth-order valence-corrected chi connectivity index (χ4v) is 1.98. The molecule has 1 nitrogen and oxygen atoms in total. The van der Waals surface area contributed by atoms with E-state index in [1.54, 1.807) is 0 Å². The van der Waals surface area contributed by atoms with Crippen LogP contribution in [-0.2, 0) is 0 Å². The molecule has 0 aromatic rings. The first-order valence-electron chi connectivity index (χ1n) is 4.73. The molecule has 1 saturated heterocycles. The normalized spacial score (nSPS) is 28.4. The lowest BCUT2D eigenvalue weighted by Gasteiger charge is -2.18. The number of hydrogen-bond acceptors (Lipinski definition) is 2. The van der Waals surface area contributed by atoms with Gasteiger partial charge in [0, 0.05) is 5.25 Å². The van der Waals surface area contributed by atoms with Crippen LogP contribution in [0.5, 0.6) is 0 Å². The van der Waals surface area contributed by atoms with Crippen LogP contribution in [0.4, 0.5) is 0 Å². The van der Waals surface area contributed by atoms with Crippen LogP contribution >= 0.6 is 12.6 Å². The van der Waals surface area contributed by atoms with E-state index in [0.717, 1.165) is 0 Å². The molecular weight excluding hydrogens is 154 g/mol. The Balaban J connectivity index is 2.22. The molecule has 66 valence electrons. The predicted octanol–water partition coefficient (Wildman–Crippen LogP) is 2.18. The minimum absolute atomic E-state index is 0.664. The van der Waals surface area contributed by atoms with E-state index in [1.807, 2.05) is 0 Å². The van der Waals surface area contributed by atoms with Gasteiger partial charge >= 0.3 is 0 Å². The number of rotatable bonds is 2. The van der Waals surface area contributed by atoms with Gasteiger partial charge in [0.2, 0.25) is 0 Å².